The molecular weight excluding hydrogens is 304 g/mol. The molecule has 0 aliphatic heterocycles. The van der Waals surface area contributed by atoms with Crippen molar-refractivity contribution in [1.82, 2.24) is 9.62 Å². The predicted molar refractivity (Wildman–Crippen MR) is 85.6 cm³/mol. The first-order valence-corrected chi connectivity index (χ1v) is 8.38. The molecule has 1 aromatic rings. The molecule has 124 valence electrons. The molecule has 0 fully saturated rings. The number of carbonyl (C=O) groups excluding carboxylic acids is 1. The van der Waals surface area contributed by atoms with E-state index in [4.69, 9.17) is 4.74 Å². The van der Waals surface area contributed by atoms with Crippen molar-refractivity contribution in [2.75, 3.05) is 27.8 Å². The Labute approximate surface area is 132 Å². The van der Waals surface area contributed by atoms with E-state index in [0.717, 1.165) is 9.87 Å². The predicted octanol–water partition coefficient (Wildman–Crippen LogP) is 1.32. The van der Waals surface area contributed by atoms with Crippen molar-refractivity contribution in [3.63, 3.8) is 0 Å². The van der Waals surface area contributed by atoms with Crippen molar-refractivity contribution in [3.8, 4) is 0 Å². The van der Waals surface area contributed by atoms with Crippen molar-refractivity contribution in [2.45, 2.75) is 31.7 Å². The molecule has 1 aromatic carbocycles. The fourth-order valence-electron chi connectivity index (χ4n) is 2.02. The van der Waals surface area contributed by atoms with Crippen LogP contribution in [0.15, 0.2) is 17.0 Å². The molecule has 22 heavy (non-hydrogen) atoms. The van der Waals surface area contributed by atoms with E-state index >= 15 is 0 Å². The number of benzene rings is 1. The molecule has 0 saturated carbocycles. The topological polar surface area (TPSA) is 75.7 Å². The summed E-state index contributed by atoms with van der Waals surface area (Å²) in [5.41, 5.74) is 1.73. The summed E-state index contributed by atoms with van der Waals surface area (Å²) < 4.78 is 30.9. The van der Waals surface area contributed by atoms with Crippen molar-refractivity contribution < 1.29 is 17.9 Å². The van der Waals surface area contributed by atoms with E-state index in [9.17, 15) is 13.2 Å². The highest BCUT2D eigenvalue weighted by molar-refractivity contribution is 7.89. The second-order valence-corrected chi connectivity index (χ2v) is 7.65. The molecule has 0 heterocycles. The number of nitrogens with one attached hydrogen (secondary N) is 1. The van der Waals surface area contributed by atoms with Crippen LogP contribution in [0.5, 0.6) is 0 Å². The molecule has 1 N–H and O–H groups in total. The van der Waals surface area contributed by atoms with Crippen LogP contribution >= 0.6 is 0 Å². The minimum absolute atomic E-state index is 0.155. The number of hydrogen-bond acceptors (Lipinski definition) is 4. The molecule has 0 spiro atoms. The highest BCUT2D eigenvalue weighted by Gasteiger charge is 2.23. The lowest BCUT2D eigenvalue weighted by atomic mass is 10.1. The summed E-state index contributed by atoms with van der Waals surface area (Å²) in [6, 6.07) is 2.96. The number of amides is 1. The number of rotatable bonds is 6. The number of sulfonamides is 1. The van der Waals surface area contributed by atoms with Gasteiger partial charge < -0.3 is 10.1 Å². The van der Waals surface area contributed by atoms with Crippen LogP contribution in [0.1, 0.15) is 28.4 Å². The molecule has 0 radical (unpaired) electrons. The molecule has 1 amide bonds. The van der Waals surface area contributed by atoms with Crippen molar-refractivity contribution in [3.05, 3.63) is 28.8 Å². The smallest absolute Gasteiger partial charge is 0.251 e. The van der Waals surface area contributed by atoms with Crippen LogP contribution in [0.4, 0.5) is 0 Å². The number of nitrogens with zero attached hydrogens (tertiary/aromatic N) is 1. The number of aryl methyl sites for hydroxylation is 1. The summed E-state index contributed by atoms with van der Waals surface area (Å²) in [5.74, 6) is -0.317. The zero-order valence-electron chi connectivity index (χ0n) is 13.9. The van der Waals surface area contributed by atoms with E-state index in [-0.39, 0.29) is 16.8 Å². The molecule has 0 aliphatic rings. The number of ether oxygens (including phenoxy) is 1. The van der Waals surface area contributed by atoms with Gasteiger partial charge in [0.2, 0.25) is 10.0 Å². The van der Waals surface area contributed by atoms with Gasteiger partial charge in [0.05, 0.1) is 11.5 Å². The van der Waals surface area contributed by atoms with Gasteiger partial charge in [0.15, 0.2) is 0 Å². The average Bonchev–Trinajstić information content (AvgIpc) is 2.41. The Kier molecular flexibility index (Phi) is 6.10. The lowest BCUT2D eigenvalue weighted by Crippen LogP contribution is -2.35. The summed E-state index contributed by atoms with van der Waals surface area (Å²) in [7, 11) is 0.899. The molecule has 0 aromatic heterocycles. The molecule has 1 rings (SSSR count). The highest BCUT2D eigenvalue weighted by Crippen LogP contribution is 2.23. The quantitative estimate of drug-likeness (QED) is 0.854. The van der Waals surface area contributed by atoms with Gasteiger partial charge in [-0.25, -0.2) is 12.7 Å². The second-order valence-electron chi connectivity index (χ2n) is 5.53. The maximum absolute atomic E-state index is 12.4. The van der Waals surface area contributed by atoms with Gasteiger partial charge in [0.25, 0.3) is 5.91 Å². The van der Waals surface area contributed by atoms with Gasteiger partial charge in [0, 0.05) is 32.8 Å². The molecule has 6 nitrogen and oxygen atoms in total. The summed E-state index contributed by atoms with van der Waals surface area (Å²) in [5, 5.41) is 2.78. The molecule has 0 bridgehead atoms. The molecule has 7 heteroatoms. The first kappa shape index (κ1) is 18.6. The Hall–Kier alpha value is -1.44. The molecule has 1 atom stereocenters. The van der Waals surface area contributed by atoms with Crippen LogP contribution < -0.4 is 5.32 Å². The number of methoxy groups -OCH3 is 1. The van der Waals surface area contributed by atoms with E-state index in [1.807, 2.05) is 6.92 Å². The van der Waals surface area contributed by atoms with Gasteiger partial charge in [-0.15, -0.1) is 0 Å². The first-order valence-electron chi connectivity index (χ1n) is 6.94. The van der Waals surface area contributed by atoms with Crippen LogP contribution in [0.2, 0.25) is 0 Å². The van der Waals surface area contributed by atoms with Gasteiger partial charge in [-0.1, -0.05) is 0 Å². The van der Waals surface area contributed by atoms with Crippen LogP contribution in [0.25, 0.3) is 0 Å². The third kappa shape index (κ3) is 4.06. The van der Waals surface area contributed by atoms with Gasteiger partial charge in [-0.2, -0.15) is 0 Å². The van der Waals surface area contributed by atoms with Gasteiger partial charge in [0.1, 0.15) is 0 Å². The van der Waals surface area contributed by atoms with E-state index in [0.29, 0.717) is 17.7 Å². The maximum atomic E-state index is 12.4. The standard InChI is InChI=1S/C15H24N2O4S/c1-10-7-13(15(18)16-11(2)9-21-6)8-14(12(10)3)22(19,20)17(4)5/h7-8,11H,9H2,1-6H3,(H,16,18). The molecule has 1 unspecified atom stereocenters. The van der Waals surface area contributed by atoms with Crippen LogP contribution in [0.3, 0.4) is 0 Å². The lowest BCUT2D eigenvalue weighted by Gasteiger charge is -2.17. The summed E-state index contributed by atoms with van der Waals surface area (Å²) >= 11 is 0. The van der Waals surface area contributed by atoms with E-state index in [1.165, 1.54) is 20.2 Å². The average molecular weight is 328 g/mol. The van der Waals surface area contributed by atoms with E-state index in [1.54, 1.807) is 27.0 Å². The van der Waals surface area contributed by atoms with E-state index in [2.05, 4.69) is 5.32 Å². The molecule has 0 saturated heterocycles. The number of hydrogen-bond donors (Lipinski definition) is 1. The Morgan fingerprint density at radius 2 is 1.91 bits per heavy atom. The third-order valence-corrected chi connectivity index (χ3v) is 5.38. The van der Waals surface area contributed by atoms with Gasteiger partial charge >= 0.3 is 0 Å². The number of carbonyl (C=O) groups is 1. The highest BCUT2D eigenvalue weighted by atomic mass is 32.2. The minimum Gasteiger partial charge on any atom is -0.383 e. The molecule has 0 aliphatic carbocycles. The summed E-state index contributed by atoms with van der Waals surface area (Å²) in [6.45, 7) is 5.74. The Balaban J connectivity index is 3.25. The fraction of sp³-hybridized carbons (Fsp3) is 0.533. The van der Waals surface area contributed by atoms with Crippen molar-refractivity contribution >= 4 is 15.9 Å². The zero-order chi connectivity index (χ0) is 17.1. The van der Waals surface area contributed by atoms with E-state index < -0.39 is 10.0 Å². The Bertz CT molecular complexity index is 654. The van der Waals surface area contributed by atoms with Gasteiger partial charge in [-0.3, -0.25) is 4.79 Å². The van der Waals surface area contributed by atoms with Crippen LogP contribution in [0, 0.1) is 13.8 Å². The first-order chi connectivity index (χ1) is 10.1. The SMILES string of the molecule is COCC(C)NC(=O)c1cc(C)c(C)c(S(=O)(=O)N(C)C)c1. The summed E-state index contributed by atoms with van der Waals surface area (Å²) in [4.78, 5) is 12.4. The lowest BCUT2D eigenvalue weighted by molar-refractivity contribution is 0.0905. The third-order valence-electron chi connectivity index (χ3n) is 3.43. The summed E-state index contributed by atoms with van der Waals surface area (Å²) in [6.07, 6.45) is 0. The second kappa shape index (κ2) is 7.21. The maximum Gasteiger partial charge on any atom is 0.251 e. The van der Waals surface area contributed by atoms with Crippen molar-refractivity contribution in [2.24, 2.45) is 0 Å². The van der Waals surface area contributed by atoms with Gasteiger partial charge in [-0.05, 0) is 44.0 Å². The van der Waals surface area contributed by atoms with Crippen molar-refractivity contribution in [1.29, 1.82) is 0 Å². The molecular formula is C15H24N2O4S. The monoisotopic (exact) mass is 328 g/mol. The Morgan fingerprint density at radius 1 is 1.32 bits per heavy atom. The fourth-order valence-corrected chi connectivity index (χ4v) is 3.24. The minimum atomic E-state index is -3.60. The Morgan fingerprint density at radius 3 is 2.41 bits per heavy atom. The normalized spacial score (nSPS) is 13.2. The van der Waals surface area contributed by atoms with Crippen LogP contribution in [-0.4, -0.2) is 52.5 Å². The largest absolute Gasteiger partial charge is 0.383 e. The zero-order valence-corrected chi connectivity index (χ0v) is 14.7. The van der Waals surface area contributed by atoms with Crippen LogP contribution in [-0.2, 0) is 14.8 Å².